The Morgan fingerprint density at radius 3 is 2.90 bits per heavy atom. The third-order valence-electron chi connectivity index (χ3n) is 3.64. The first-order valence-corrected chi connectivity index (χ1v) is 7.19. The number of nitrogens with one attached hydrogen (secondary N) is 1. The molecular weight excluding hydrogens is 270 g/mol. The molecule has 0 aliphatic carbocycles. The minimum Gasteiger partial charge on any atom is -0.493 e. The molecule has 1 aliphatic heterocycles. The van der Waals surface area contributed by atoms with E-state index in [-0.39, 0.29) is 17.7 Å². The van der Waals surface area contributed by atoms with Crippen molar-refractivity contribution in [2.75, 3.05) is 19.7 Å². The summed E-state index contributed by atoms with van der Waals surface area (Å²) in [5, 5.41) is 0. The van der Waals surface area contributed by atoms with Crippen molar-refractivity contribution in [3.8, 4) is 5.75 Å². The van der Waals surface area contributed by atoms with E-state index >= 15 is 0 Å². The lowest BCUT2D eigenvalue weighted by Crippen LogP contribution is -2.47. The number of carbonyl (C=O) groups excluding carboxylic acids is 2. The molecule has 2 rings (SSSR count). The van der Waals surface area contributed by atoms with Gasteiger partial charge in [-0.2, -0.15) is 0 Å². The molecule has 1 atom stereocenters. The lowest BCUT2D eigenvalue weighted by molar-refractivity contribution is -0.126. The summed E-state index contributed by atoms with van der Waals surface area (Å²) in [7, 11) is 0. The second kappa shape index (κ2) is 7.08. The predicted molar refractivity (Wildman–Crippen MR) is 78.6 cm³/mol. The third kappa shape index (κ3) is 3.52. The second-order valence-corrected chi connectivity index (χ2v) is 5.03. The molecular formula is C15H21N3O3. The molecule has 1 fully saturated rings. The van der Waals surface area contributed by atoms with Crippen LogP contribution in [0.2, 0.25) is 0 Å². The molecule has 114 valence electrons. The molecule has 1 aromatic rings. The number of rotatable bonds is 4. The first-order valence-electron chi connectivity index (χ1n) is 7.19. The maximum Gasteiger partial charge on any atom is 0.257 e. The molecule has 1 saturated heterocycles. The van der Waals surface area contributed by atoms with E-state index in [1.807, 2.05) is 19.1 Å². The number of carbonyl (C=O) groups is 2. The van der Waals surface area contributed by atoms with Gasteiger partial charge in [-0.3, -0.25) is 15.0 Å². The molecule has 0 radical (unpaired) electrons. The van der Waals surface area contributed by atoms with E-state index in [4.69, 9.17) is 10.6 Å². The van der Waals surface area contributed by atoms with Crippen molar-refractivity contribution in [2.45, 2.75) is 19.8 Å². The van der Waals surface area contributed by atoms with Gasteiger partial charge in [0.05, 0.1) is 18.1 Å². The van der Waals surface area contributed by atoms with Gasteiger partial charge < -0.3 is 9.64 Å². The average molecular weight is 291 g/mol. The minimum atomic E-state index is -0.244. The van der Waals surface area contributed by atoms with Crippen molar-refractivity contribution >= 4 is 11.8 Å². The van der Waals surface area contributed by atoms with Crippen LogP contribution in [0.3, 0.4) is 0 Å². The van der Waals surface area contributed by atoms with Crippen LogP contribution in [0.15, 0.2) is 24.3 Å². The highest BCUT2D eigenvalue weighted by Gasteiger charge is 2.29. The van der Waals surface area contributed by atoms with Gasteiger partial charge in [0, 0.05) is 13.1 Å². The number of amides is 2. The first kappa shape index (κ1) is 15.3. The van der Waals surface area contributed by atoms with Gasteiger partial charge >= 0.3 is 0 Å². The molecule has 2 amide bonds. The maximum absolute atomic E-state index is 12.6. The van der Waals surface area contributed by atoms with E-state index in [2.05, 4.69) is 5.43 Å². The normalized spacial score (nSPS) is 18.2. The molecule has 0 bridgehead atoms. The number of likely N-dealkylation sites (tertiary alicyclic amines) is 1. The summed E-state index contributed by atoms with van der Waals surface area (Å²) >= 11 is 0. The van der Waals surface area contributed by atoms with Crippen LogP contribution < -0.4 is 16.0 Å². The summed E-state index contributed by atoms with van der Waals surface area (Å²) in [6.07, 6.45) is 1.54. The minimum absolute atomic E-state index is 0.103. The molecule has 0 spiro atoms. The fraction of sp³-hybridized carbons (Fsp3) is 0.467. The Morgan fingerprint density at radius 1 is 1.43 bits per heavy atom. The zero-order chi connectivity index (χ0) is 15.2. The van der Waals surface area contributed by atoms with E-state index < -0.39 is 0 Å². The summed E-state index contributed by atoms with van der Waals surface area (Å²) < 4.78 is 5.50. The van der Waals surface area contributed by atoms with E-state index in [1.54, 1.807) is 17.0 Å². The second-order valence-electron chi connectivity index (χ2n) is 5.03. The van der Waals surface area contributed by atoms with Gasteiger partial charge in [0.1, 0.15) is 5.75 Å². The van der Waals surface area contributed by atoms with Crippen LogP contribution in [0.4, 0.5) is 0 Å². The Kier molecular flexibility index (Phi) is 5.16. The highest BCUT2D eigenvalue weighted by molar-refractivity contribution is 5.97. The number of benzene rings is 1. The monoisotopic (exact) mass is 291 g/mol. The molecule has 1 aliphatic rings. The quantitative estimate of drug-likeness (QED) is 0.491. The van der Waals surface area contributed by atoms with Gasteiger partial charge in [0.15, 0.2) is 0 Å². The van der Waals surface area contributed by atoms with Crippen LogP contribution in [0.1, 0.15) is 30.1 Å². The molecule has 6 heteroatoms. The molecule has 1 unspecified atom stereocenters. The van der Waals surface area contributed by atoms with Gasteiger partial charge in [-0.05, 0) is 31.9 Å². The summed E-state index contributed by atoms with van der Waals surface area (Å²) in [4.78, 5) is 26.0. The van der Waals surface area contributed by atoms with Crippen molar-refractivity contribution in [3.63, 3.8) is 0 Å². The van der Waals surface area contributed by atoms with Crippen molar-refractivity contribution in [2.24, 2.45) is 11.8 Å². The van der Waals surface area contributed by atoms with Crippen molar-refractivity contribution in [3.05, 3.63) is 29.8 Å². The number of para-hydroxylation sites is 1. The predicted octanol–water partition coefficient (Wildman–Crippen LogP) is 0.927. The van der Waals surface area contributed by atoms with E-state index in [0.29, 0.717) is 31.0 Å². The number of hydrazine groups is 1. The Balaban J connectivity index is 2.14. The highest BCUT2D eigenvalue weighted by Crippen LogP contribution is 2.23. The summed E-state index contributed by atoms with van der Waals surface area (Å²) in [6, 6.07) is 7.18. The number of hydrogen-bond acceptors (Lipinski definition) is 4. The molecule has 3 N–H and O–H groups in total. The smallest absolute Gasteiger partial charge is 0.257 e. The molecule has 1 aromatic carbocycles. The highest BCUT2D eigenvalue weighted by atomic mass is 16.5. The zero-order valence-electron chi connectivity index (χ0n) is 12.2. The van der Waals surface area contributed by atoms with Crippen LogP contribution in [-0.4, -0.2) is 36.4 Å². The SMILES string of the molecule is CCOc1ccccc1C(=O)N1CCCC(C(=O)NN)C1. The lowest BCUT2D eigenvalue weighted by Gasteiger charge is -2.32. The standard InChI is InChI=1S/C15H21N3O3/c1-2-21-13-8-4-3-7-12(13)15(20)18-9-5-6-11(10-18)14(19)17-16/h3-4,7-8,11H,2,5-6,9-10,16H2,1H3,(H,17,19). The average Bonchev–Trinajstić information content (AvgIpc) is 2.54. The Morgan fingerprint density at radius 2 is 2.19 bits per heavy atom. The Labute approximate surface area is 124 Å². The topological polar surface area (TPSA) is 84.7 Å². The van der Waals surface area contributed by atoms with Crippen LogP contribution in [-0.2, 0) is 4.79 Å². The number of nitrogens with zero attached hydrogens (tertiary/aromatic N) is 1. The molecule has 1 heterocycles. The third-order valence-corrected chi connectivity index (χ3v) is 3.64. The molecule has 6 nitrogen and oxygen atoms in total. The largest absolute Gasteiger partial charge is 0.493 e. The fourth-order valence-electron chi connectivity index (χ4n) is 2.59. The fourth-order valence-corrected chi connectivity index (χ4v) is 2.59. The van der Waals surface area contributed by atoms with Crippen molar-refractivity contribution in [1.82, 2.24) is 10.3 Å². The lowest BCUT2D eigenvalue weighted by atomic mass is 9.96. The number of ether oxygens (including phenoxy) is 1. The Hall–Kier alpha value is -2.08. The maximum atomic E-state index is 12.6. The molecule has 21 heavy (non-hydrogen) atoms. The van der Waals surface area contributed by atoms with Gasteiger partial charge in [0.25, 0.3) is 5.91 Å². The zero-order valence-corrected chi connectivity index (χ0v) is 12.2. The van der Waals surface area contributed by atoms with Crippen LogP contribution >= 0.6 is 0 Å². The summed E-state index contributed by atoms with van der Waals surface area (Å²) in [6.45, 7) is 3.42. The van der Waals surface area contributed by atoms with Gasteiger partial charge in [-0.25, -0.2) is 5.84 Å². The van der Waals surface area contributed by atoms with Crippen LogP contribution in [0.5, 0.6) is 5.75 Å². The number of hydrogen-bond donors (Lipinski definition) is 2. The van der Waals surface area contributed by atoms with E-state index in [9.17, 15) is 9.59 Å². The first-order chi connectivity index (χ1) is 10.2. The summed E-state index contributed by atoms with van der Waals surface area (Å²) in [5.41, 5.74) is 2.70. The molecule has 0 saturated carbocycles. The van der Waals surface area contributed by atoms with Crippen LogP contribution in [0.25, 0.3) is 0 Å². The van der Waals surface area contributed by atoms with Gasteiger partial charge in [0.2, 0.25) is 5.91 Å². The molecule has 0 aromatic heterocycles. The van der Waals surface area contributed by atoms with Gasteiger partial charge in [-0.15, -0.1) is 0 Å². The van der Waals surface area contributed by atoms with Crippen LogP contribution in [0, 0.1) is 5.92 Å². The summed E-state index contributed by atoms with van der Waals surface area (Å²) in [5.74, 6) is 5.19. The van der Waals surface area contributed by atoms with Gasteiger partial charge in [-0.1, -0.05) is 12.1 Å². The number of nitrogens with two attached hydrogens (primary N) is 1. The van der Waals surface area contributed by atoms with E-state index in [1.165, 1.54) is 0 Å². The Bertz CT molecular complexity index is 519. The van der Waals surface area contributed by atoms with Crippen molar-refractivity contribution < 1.29 is 14.3 Å². The van der Waals surface area contributed by atoms with Crippen molar-refractivity contribution in [1.29, 1.82) is 0 Å². The van der Waals surface area contributed by atoms with E-state index in [0.717, 1.165) is 12.8 Å². The number of piperidine rings is 1.